The molecule has 1 aliphatic heterocycles. The van der Waals surface area contributed by atoms with Gasteiger partial charge in [-0.3, -0.25) is 9.78 Å². The van der Waals surface area contributed by atoms with E-state index in [4.69, 9.17) is 9.15 Å². The zero-order valence-corrected chi connectivity index (χ0v) is 16.7. The van der Waals surface area contributed by atoms with Gasteiger partial charge in [-0.05, 0) is 25.8 Å². The maximum Gasteiger partial charge on any atom is 0.274 e. The number of piperidine rings is 1. The second-order valence-electron chi connectivity index (χ2n) is 7.29. The van der Waals surface area contributed by atoms with Crippen molar-refractivity contribution in [2.75, 3.05) is 20.2 Å². The lowest BCUT2D eigenvalue weighted by molar-refractivity contribution is 0.0691. The van der Waals surface area contributed by atoms with Crippen LogP contribution in [-0.2, 0) is 6.42 Å². The lowest BCUT2D eigenvalue weighted by atomic mass is 9.98. The number of benzene rings is 1. The largest absolute Gasteiger partial charge is 0.496 e. The fourth-order valence-corrected chi connectivity index (χ4v) is 3.66. The Balaban J connectivity index is 1.45. The van der Waals surface area contributed by atoms with Crippen molar-refractivity contribution in [3.63, 3.8) is 0 Å². The summed E-state index contributed by atoms with van der Waals surface area (Å²) in [5.74, 6) is 2.29. The van der Waals surface area contributed by atoms with Gasteiger partial charge in [0.25, 0.3) is 5.91 Å². The van der Waals surface area contributed by atoms with Gasteiger partial charge in [0, 0.05) is 31.3 Å². The molecule has 0 spiro atoms. The summed E-state index contributed by atoms with van der Waals surface area (Å²) in [6.07, 6.45) is 7.39. The number of methoxy groups -OCH3 is 1. The Kier molecular flexibility index (Phi) is 5.55. The predicted octanol–water partition coefficient (Wildman–Crippen LogP) is 3.39. The SMILES string of the molecule is COc1ccccc1Cc1cnc([C@H]2CCCN(C(=O)c3cnc(C)cn3)C2)o1. The third kappa shape index (κ3) is 4.29. The number of hydrogen-bond acceptors (Lipinski definition) is 6. The zero-order chi connectivity index (χ0) is 20.2. The first-order chi connectivity index (χ1) is 14.1. The Bertz CT molecular complexity index is 984. The monoisotopic (exact) mass is 392 g/mol. The molecule has 1 atom stereocenters. The first kappa shape index (κ1) is 19.1. The van der Waals surface area contributed by atoms with Crippen molar-refractivity contribution in [2.45, 2.75) is 32.1 Å². The number of oxazole rings is 1. The maximum atomic E-state index is 12.8. The van der Waals surface area contributed by atoms with Crippen LogP contribution in [-0.4, -0.2) is 46.0 Å². The molecule has 1 saturated heterocycles. The van der Waals surface area contributed by atoms with Crippen molar-refractivity contribution in [1.82, 2.24) is 19.9 Å². The Morgan fingerprint density at radius 1 is 1.21 bits per heavy atom. The second kappa shape index (κ2) is 8.43. The Hall–Kier alpha value is -3.22. The third-order valence-electron chi connectivity index (χ3n) is 5.19. The fraction of sp³-hybridized carbons (Fsp3) is 0.364. The van der Waals surface area contributed by atoms with E-state index in [2.05, 4.69) is 15.0 Å². The number of para-hydroxylation sites is 1. The summed E-state index contributed by atoms with van der Waals surface area (Å²) in [4.78, 5) is 27.5. The number of hydrogen-bond donors (Lipinski definition) is 0. The van der Waals surface area contributed by atoms with Gasteiger partial charge < -0.3 is 14.1 Å². The molecular formula is C22H24N4O3. The van der Waals surface area contributed by atoms with E-state index < -0.39 is 0 Å². The highest BCUT2D eigenvalue weighted by Crippen LogP contribution is 2.29. The molecule has 1 aromatic carbocycles. The van der Waals surface area contributed by atoms with Gasteiger partial charge in [0.1, 0.15) is 17.2 Å². The molecule has 1 amide bonds. The van der Waals surface area contributed by atoms with Crippen LogP contribution < -0.4 is 4.74 Å². The third-order valence-corrected chi connectivity index (χ3v) is 5.19. The predicted molar refractivity (Wildman–Crippen MR) is 107 cm³/mol. The molecule has 29 heavy (non-hydrogen) atoms. The number of aromatic nitrogens is 3. The van der Waals surface area contributed by atoms with E-state index in [0.717, 1.165) is 35.6 Å². The van der Waals surface area contributed by atoms with Gasteiger partial charge in [-0.2, -0.15) is 0 Å². The molecule has 7 nitrogen and oxygen atoms in total. The van der Waals surface area contributed by atoms with E-state index in [9.17, 15) is 4.79 Å². The van der Waals surface area contributed by atoms with Crippen LogP contribution in [0.3, 0.4) is 0 Å². The van der Waals surface area contributed by atoms with E-state index in [-0.39, 0.29) is 11.8 Å². The summed E-state index contributed by atoms with van der Waals surface area (Å²) in [6, 6.07) is 7.88. The van der Waals surface area contributed by atoms with Crippen molar-refractivity contribution in [2.24, 2.45) is 0 Å². The van der Waals surface area contributed by atoms with Gasteiger partial charge in [-0.15, -0.1) is 0 Å². The number of carbonyl (C=O) groups is 1. The van der Waals surface area contributed by atoms with Gasteiger partial charge >= 0.3 is 0 Å². The molecule has 1 fully saturated rings. The highest BCUT2D eigenvalue weighted by molar-refractivity contribution is 5.92. The first-order valence-electron chi connectivity index (χ1n) is 9.78. The minimum absolute atomic E-state index is 0.0810. The van der Waals surface area contributed by atoms with Crippen LogP contribution >= 0.6 is 0 Å². The van der Waals surface area contributed by atoms with Crippen molar-refractivity contribution >= 4 is 5.91 Å². The molecular weight excluding hydrogens is 368 g/mol. The number of ether oxygens (including phenoxy) is 1. The molecule has 3 aromatic rings. The number of amides is 1. The molecule has 150 valence electrons. The van der Waals surface area contributed by atoms with Crippen LogP contribution in [0.4, 0.5) is 0 Å². The second-order valence-corrected chi connectivity index (χ2v) is 7.29. The van der Waals surface area contributed by atoms with Crippen LogP contribution in [0.2, 0.25) is 0 Å². The van der Waals surface area contributed by atoms with Crippen molar-refractivity contribution in [1.29, 1.82) is 0 Å². The smallest absolute Gasteiger partial charge is 0.274 e. The summed E-state index contributed by atoms with van der Waals surface area (Å²) >= 11 is 0. The van der Waals surface area contributed by atoms with Crippen LogP contribution in [0.1, 0.15) is 52.2 Å². The molecule has 3 heterocycles. The van der Waals surface area contributed by atoms with Gasteiger partial charge in [-0.25, -0.2) is 9.97 Å². The molecule has 2 aromatic heterocycles. The molecule has 0 saturated carbocycles. The lowest BCUT2D eigenvalue weighted by Crippen LogP contribution is -2.39. The molecule has 0 N–H and O–H groups in total. The number of rotatable bonds is 5. The topological polar surface area (TPSA) is 81.4 Å². The van der Waals surface area contributed by atoms with Crippen LogP contribution in [0.15, 0.2) is 47.3 Å². The quantitative estimate of drug-likeness (QED) is 0.662. The summed E-state index contributed by atoms with van der Waals surface area (Å²) in [6.45, 7) is 3.13. The standard InChI is InChI=1S/C22H24N4O3/c1-15-11-24-19(13-23-15)22(27)26-9-5-7-17(14-26)21-25-12-18(29-21)10-16-6-3-4-8-20(16)28-2/h3-4,6,8,11-13,17H,5,7,9-10,14H2,1-2H3/t17-/m0/s1. The maximum absolute atomic E-state index is 12.8. The normalized spacial score (nSPS) is 16.6. The van der Waals surface area contributed by atoms with E-state index >= 15 is 0 Å². The molecule has 7 heteroatoms. The van der Waals surface area contributed by atoms with E-state index in [1.807, 2.05) is 36.1 Å². The zero-order valence-electron chi connectivity index (χ0n) is 16.7. The molecule has 4 rings (SSSR count). The van der Waals surface area contributed by atoms with Gasteiger partial charge in [0.2, 0.25) is 0 Å². The molecule has 1 aliphatic rings. The summed E-state index contributed by atoms with van der Waals surface area (Å²) in [5, 5.41) is 0. The fourth-order valence-electron chi connectivity index (χ4n) is 3.66. The highest BCUT2D eigenvalue weighted by atomic mass is 16.5. The molecule has 0 radical (unpaired) electrons. The van der Waals surface area contributed by atoms with Crippen molar-refractivity contribution in [3.8, 4) is 5.75 Å². The average Bonchev–Trinajstić information content (AvgIpc) is 3.23. The summed E-state index contributed by atoms with van der Waals surface area (Å²) in [7, 11) is 1.66. The van der Waals surface area contributed by atoms with Crippen LogP contribution in [0, 0.1) is 6.92 Å². The highest BCUT2D eigenvalue weighted by Gasteiger charge is 2.29. The summed E-state index contributed by atoms with van der Waals surface area (Å²) in [5.41, 5.74) is 2.22. The first-order valence-corrected chi connectivity index (χ1v) is 9.78. The van der Waals surface area contributed by atoms with Crippen molar-refractivity contribution in [3.05, 3.63) is 71.5 Å². The number of likely N-dealkylation sites (tertiary alicyclic amines) is 1. The average molecular weight is 392 g/mol. The molecule has 0 aliphatic carbocycles. The van der Waals surface area contributed by atoms with Crippen LogP contribution in [0.25, 0.3) is 0 Å². The molecule has 0 bridgehead atoms. The van der Waals surface area contributed by atoms with Gasteiger partial charge in [-0.1, -0.05) is 18.2 Å². The number of nitrogens with zero attached hydrogens (tertiary/aromatic N) is 4. The Morgan fingerprint density at radius 3 is 2.86 bits per heavy atom. The molecule has 0 unspecified atom stereocenters. The van der Waals surface area contributed by atoms with E-state index in [1.165, 1.54) is 6.20 Å². The van der Waals surface area contributed by atoms with Crippen LogP contribution in [0.5, 0.6) is 5.75 Å². The van der Waals surface area contributed by atoms with Gasteiger partial charge in [0.05, 0.1) is 31.1 Å². The minimum atomic E-state index is -0.0944. The van der Waals surface area contributed by atoms with Crippen molar-refractivity contribution < 1.29 is 13.9 Å². The van der Waals surface area contributed by atoms with Gasteiger partial charge in [0.15, 0.2) is 5.89 Å². The summed E-state index contributed by atoms with van der Waals surface area (Å²) < 4.78 is 11.5. The lowest BCUT2D eigenvalue weighted by Gasteiger charge is -2.31. The number of carbonyl (C=O) groups excluding carboxylic acids is 1. The van der Waals surface area contributed by atoms with E-state index in [1.54, 1.807) is 19.5 Å². The van der Waals surface area contributed by atoms with E-state index in [0.29, 0.717) is 31.1 Å². The Morgan fingerprint density at radius 2 is 2.07 bits per heavy atom. The number of aryl methyl sites for hydroxylation is 1. The Labute approximate surface area is 169 Å². The minimum Gasteiger partial charge on any atom is -0.496 e.